The smallest absolute Gasteiger partial charge is 0.506 e. The molecule has 20 nitrogen and oxygen atoms in total. The average Bonchev–Trinajstić information content (AvgIpc) is 3.22. The fourth-order valence-electron chi connectivity index (χ4n) is 7.70. The van der Waals surface area contributed by atoms with Crippen molar-refractivity contribution in [2.45, 2.75) is 60.4 Å². The van der Waals surface area contributed by atoms with Crippen LogP contribution < -0.4 is 88.7 Å². The standard InChI is InChI=1S/2C20H17N3O7S.Cr.3Na/c2*24-15-9-8-11-4-1-2-5-12(11)19(15)21-22-20-13-6-3-7-14(23(26)27)18(13)17(10-16(20)25)31(28,29)30;;;;/h2*1-3,7-10,14,24-25H,4-6H2,(H,28,29,30);;;;/q;;;3*+1. The summed E-state index contributed by atoms with van der Waals surface area (Å²) in [5.74, 6) is -1.47. The van der Waals surface area contributed by atoms with Gasteiger partial charge < -0.3 is 20.4 Å². The quantitative estimate of drug-likeness (QED) is 0.0299. The van der Waals surface area contributed by atoms with Gasteiger partial charge in [0.1, 0.15) is 55.5 Å². The molecule has 0 amide bonds. The summed E-state index contributed by atoms with van der Waals surface area (Å²) in [6.07, 6.45) is 15.6. The number of hydrogen-bond acceptors (Lipinski definition) is 16. The fraction of sp³-hybridized carbons (Fsp3) is 0.200. The summed E-state index contributed by atoms with van der Waals surface area (Å²) in [7, 11) is -9.71. The number of phenols is 4. The molecule has 4 aliphatic rings. The molecule has 0 aliphatic heterocycles. The van der Waals surface area contributed by atoms with E-state index in [-0.39, 0.29) is 175 Å². The Morgan fingerprint density at radius 1 is 0.485 bits per heavy atom. The largest absolute Gasteiger partial charge is 1.00 e. The fourth-order valence-corrected chi connectivity index (χ4v) is 9.27. The molecular weight excluding hydrogens is 974 g/mol. The van der Waals surface area contributed by atoms with Gasteiger partial charge in [-0.3, -0.25) is 29.3 Å². The third-order valence-electron chi connectivity index (χ3n) is 10.5. The molecule has 4 aliphatic carbocycles. The van der Waals surface area contributed by atoms with E-state index in [0.29, 0.717) is 25.7 Å². The molecule has 26 heteroatoms. The first-order valence-electron chi connectivity index (χ1n) is 18.5. The van der Waals surface area contributed by atoms with Crippen molar-refractivity contribution in [3.63, 3.8) is 0 Å². The number of azo groups is 2. The summed E-state index contributed by atoms with van der Waals surface area (Å²) in [5.41, 5.74) is 3.08. The molecule has 8 rings (SSSR count). The first kappa shape index (κ1) is 56.7. The van der Waals surface area contributed by atoms with Crippen LogP contribution in [0.4, 0.5) is 22.7 Å². The van der Waals surface area contributed by atoms with Gasteiger partial charge in [-0.15, -0.1) is 20.5 Å². The molecule has 0 spiro atoms. The van der Waals surface area contributed by atoms with Crippen LogP contribution in [0.3, 0.4) is 0 Å². The van der Waals surface area contributed by atoms with Gasteiger partial charge in [0.05, 0.1) is 11.1 Å². The monoisotopic (exact) mass is 1010 g/mol. The van der Waals surface area contributed by atoms with Gasteiger partial charge in [-0.05, 0) is 96.2 Å². The van der Waals surface area contributed by atoms with E-state index in [1.165, 1.54) is 36.4 Å². The maximum Gasteiger partial charge on any atom is 1.00 e. The Morgan fingerprint density at radius 3 is 1.11 bits per heavy atom. The summed E-state index contributed by atoms with van der Waals surface area (Å²) in [5, 5.41) is 80.6. The Morgan fingerprint density at radius 2 is 0.788 bits per heavy atom. The average molecular weight is 1010 g/mol. The third kappa shape index (κ3) is 11.8. The second-order valence-electron chi connectivity index (χ2n) is 14.2. The Labute approximate surface area is 453 Å². The van der Waals surface area contributed by atoms with Crippen molar-refractivity contribution in [1.82, 2.24) is 0 Å². The van der Waals surface area contributed by atoms with Gasteiger partial charge in [-0.25, -0.2) is 0 Å². The molecule has 0 saturated heterocycles. The summed E-state index contributed by atoms with van der Waals surface area (Å²) in [4.78, 5) is 20.1. The van der Waals surface area contributed by atoms with Crippen LogP contribution in [0, 0.1) is 20.2 Å². The van der Waals surface area contributed by atoms with Crippen LogP contribution in [-0.4, -0.2) is 56.2 Å². The van der Waals surface area contributed by atoms with E-state index in [9.17, 15) is 66.6 Å². The van der Waals surface area contributed by atoms with Crippen molar-refractivity contribution < 1.29 is 162 Å². The molecule has 0 bridgehead atoms. The minimum absolute atomic E-state index is 0. The Kier molecular flexibility index (Phi) is 19.9. The second-order valence-corrected chi connectivity index (χ2v) is 17.0. The van der Waals surface area contributed by atoms with Crippen molar-refractivity contribution in [3.8, 4) is 23.0 Å². The number of rotatable bonds is 8. The molecular formula is C40H34CrN6Na3O14S2+3. The molecule has 0 saturated carbocycles. The number of allylic oxidation sites excluding steroid dienone is 6. The van der Waals surface area contributed by atoms with E-state index in [1.54, 1.807) is 12.1 Å². The molecule has 6 N–H and O–H groups in total. The maximum absolute atomic E-state index is 11.8. The Balaban J connectivity index is 0.000000330. The molecule has 4 aromatic rings. The minimum Gasteiger partial charge on any atom is -0.506 e. The SMILES string of the molecule is O=[N+]([O-])C1C=CCc2c(N=Nc3c(O)ccc4c3CC=CC4)c(O)cc(S(=O)(=O)O)c21.O=[N+]([O-])C1C=CCc2c(N=Nc3c(O)ccc4c3CC=CC4)c(O)cc(S(=O)(=O)O)c21.[Cr].[Na+].[Na+].[Na+]. The van der Waals surface area contributed by atoms with E-state index < -0.39 is 63.5 Å². The molecule has 66 heavy (non-hydrogen) atoms. The third-order valence-corrected chi connectivity index (χ3v) is 12.3. The normalized spacial score (nSPS) is 16.5. The van der Waals surface area contributed by atoms with Crippen LogP contribution >= 0.6 is 0 Å². The summed E-state index contributed by atoms with van der Waals surface area (Å²) >= 11 is 0. The molecule has 0 radical (unpaired) electrons. The Bertz CT molecular complexity index is 2820. The van der Waals surface area contributed by atoms with Crippen LogP contribution in [0.2, 0.25) is 0 Å². The van der Waals surface area contributed by atoms with E-state index >= 15 is 0 Å². The van der Waals surface area contributed by atoms with E-state index in [4.69, 9.17) is 0 Å². The first-order valence-corrected chi connectivity index (χ1v) is 21.4. The van der Waals surface area contributed by atoms with Gasteiger partial charge in [0.2, 0.25) is 0 Å². The second kappa shape index (κ2) is 23.1. The van der Waals surface area contributed by atoms with Crippen molar-refractivity contribution in [1.29, 1.82) is 0 Å². The predicted molar refractivity (Wildman–Crippen MR) is 219 cm³/mol. The number of aromatic hydroxyl groups is 4. The molecule has 4 aromatic carbocycles. The van der Waals surface area contributed by atoms with Crippen molar-refractivity contribution in [2.24, 2.45) is 20.5 Å². The van der Waals surface area contributed by atoms with Crippen LogP contribution in [0.5, 0.6) is 23.0 Å². The van der Waals surface area contributed by atoms with Gasteiger partial charge in [-0.2, -0.15) is 16.8 Å². The van der Waals surface area contributed by atoms with Gasteiger partial charge in [-0.1, -0.05) is 48.6 Å². The van der Waals surface area contributed by atoms with Crippen LogP contribution in [0.1, 0.15) is 56.6 Å². The summed E-state index contributed by atoms with van der Waals surface area (Å²) in [6, 6.07) is 4.88. The zero-order valence-electron chi connectivity index (χ0n) is 35.3. The zero-order valence-corrected chi connectivity index (χ0v) is 44.2. The number of benzene rings is 4. The maximum atomic E-state index is 11.8. The van der Waals surface area contributed by atoms with Crippen LogP contribution in [0.15, 0.2) is 115 Å². The van der Waals surface area contributed by atoms with Gasteiger partial charge in [0, 0.05) is 39.3 Å². The minimum atomic E-state index is -4.85. The molecule has 2 atom stereocenters. The van der Waals surface area contributed by atoms with Crippen LogP contribution in [-0.2, 0) is 76.1 Å². The number of hydrogen-bond donors (Lipinski definition) is 6. The van der Waals surface area contributed by atoms with Crippen molar-refractivity contribution >= 4 is 43.0 Å². The number of fused-ring (bicyclic) bond motifs is 4. The summed E-state index contributed by atoms with van der Waals surface area (Å²) < 4.78 is 66.4. The van der Waals surface area contributed by atoms with Gasteiger partial charge in [0.15, 0.2) is 0 Å². The van der Waals surface area contributed by atoms with Gasteiger partial charge in [0.25, 0.3) is 32.3 Å². The zero-order chi connectivity index (χ0) is 44.7. The molecule has 326 valence electrons. The molecule has 0 aromatic heterocycles. The molecule has 0 heterocycles. The van der Waals surface area contributed by atoms with Crippen molar-refractivity contribution in [2.75, 3.05) is 0 Å². The molecule has 2 unspecified atom stereocenters. The van der Waals surface area contributed by atoms with Crippen molar-refractivity contribution in [3.05, 3.63) is 150 Å². The summed E-state index contributed by atoms with van der Waals surface area (Å²) in [6.45, 7) is 0. The van der Waals surface area contributed by atoms with Crippen LogP contribution in [0.25, 0.3) is 0 Å². The van der Waals surface area contributed by atoms with Gasteiger partial charge >= 0.3 is 88.7 Å². The number of nitro groups is 2. The molecule has 0 fully saturated rings. The Hall–Kier alpha value is -3.61. The number of nitrogens with zero attached hydrogens (tertiary/aromatic N) is 6. The van der Waals surface area contributed by atoms with E-state index in [2.05, 4.69) is 20.5 Å². The predicted octanol–water partition coefficient (Wildman–Crippen LogP) is -1.30. The van der Waals surface area contributed by atoms with E-state index in [1.807, 2.05) is 24.3 Å². The number of phenolic OH excluding ortho intramolecular Hbond substituents is 4. The topological polar surface area (TPSA) is 325 Å². The first-order chi connectivity index (χ1) is 29.4. The van der Waals surface area contributed by atoms with E-state index in [0.717, 1.165) is 34.4 Å².